The lowest BCUT2D eigenvalue weighted by atomic mass is 10.3. The summed E-state index contributed by atoms with van der Waals surface area (Å²) in [5, 5.41) is 17.5. The zero-order chi connectivity index (χ0) is 13.5. The van der Waals surface area contributed by atoms with Gasteiger partial charge in [-0.05, 0) is 6.42 Å². The number of carboxylic acids is 1. The van der Waals surface area contributed by atoms with Crippen molar-refractivity contribution in [1.29, 1.82) is 5.26 Å². The van der Waals surface area contributed by atoms with Crippen LogP contribution in [0.4, 0.5) is 4.79 Å². The van der Waals surface area contributed by atoms with E-state index in [9.17, 15) is 9.59 Å². The van der Waals surface area contributed by atoms with Crippen molar-refractivity contribution >= 4 is 12.0 Å². The summed E-state index contributed by atoms with van der Waals surface area (Å²) in [6.07, 6.45) is 0.0569. The summed E-state index contributed by atoms with van der Waals surface area (Å²) in [5.74, 6) is -1.04. The monoisotopic (exact) mass is 255 g/mol. The number of morpholine rings is 1. The second-order valence-corrected chi connectivity index (χ2v) is 4.03. The number of urea groups is 1. The molecule has 7 heteroatoms. The van der Waals surface area contributed by atoms with Crippen LogP contribution in [0.3, 0.4) is 0 Å². The van der Waals surface area contributed by atoms with Gasteiger partial charge in [-0.15, -0.1) is 0 Å². The molecule has 100 valence electrons. The largest absolute Gasteiger partial charge is 0.480 e. The molecule has 1 heterocycles. The first-order chi connectivity index (χ1) is 8.58. The molecule has 7 nitrogen and oxygen atoms in total. The van der Waals surface area contributed by atoms with Crippen LogP contribution >= 0.6 is 0 Å². The number of carboxylic acid groups (broad SMARTS) is 1. The van der Waals surface area contributed by atoms with Gasteiger partial charge in [0.05, 0.1) is 19.2 Å². The SMILES string of the molecule is CCCN(CC(=O)O)C(=O)N1CCOC(C#N)C1. The number of aliphatic carboxylic acids is 1. The Morgan fingerprint density at radius 2 is 2.33 bits per heavy atom. The minimum absolute atomic E-state index is 0.190. The minimum atomic E-state index is -1.04. The molecule has 0 spiro atoms. The molecule has 1 saturated heterocycles. The van der Waals surface area contributed by atoms with Crippen molar-refractivity contribution in [2.45, 2.75) is 19.4 Å². The number of ether oxygens (including phenoxy) is 1. The van der Waals surface area contributed by atoms with Gasteiger partial charge in [0, 0.05) is 13.1 Å². The standard InChI is InChI=1S/C11H17N3O4/c1-2-3-13(8-10(15)16)11(17)14-4-5-18-9(6-12)7-14/h9H,2-5,7-8H2,1H3,(H,15,16). The van der Waals surface area contributed by atoms with Gasteiger partial charge < -0.3 is 19.6 Å². The Bertz CT molecular complexity index is 353. The fourth-order valence-corrected chi connectivity index (χ4v) is 1.78. The molecule has 0 radical (unpaired) electrons. The lowest BCUT2D eigenvalue weighted by molar-refractivity contribution is -0.137. The minimum Gasteiger partial charge on any atom is -0.480 e. The molecule has 1 fully saturated rings. The van der Waals surface area contributed by atoms with E-state index in [1.165, 1.54) is 9.80 Å². The molecule has 18 heavy (non-hydrogen) atoms. The number of carbonyl (C=O) groups excluding carboxylic acids is 1. The maximum atomic E-state index is 12.1. The average Bonchev–Trinajstić information content (AvgIpc) is 2.37. The summed E-state index contributed by atoms with van der Waals surface area (Å²) in [7, 11) is 0. The van der Waals surface area contributed by atoms with E-state index in [2.05, 4.69) is 0 Å². The smallest absolute Gasteiger partial charge is 0.323 e. The molecule has 0 aromatic rings. The molecule has 1 aliphatic rings. The van der Waals surface area contributed by atoms with Crippen molar-refractivity contribution < 1.29 is 19.4 Å². The van der Waals surface area contributed by atoms with E-state index in [0.717, 1.165) is 0 Å². The number of hydrogen-bond acceptors (Lipinski definition) is 4. The Labute approximate surface area is 106 Å². The first-order valence-electron chi connectivity index (χ1n) is 5.85. The van der Waals surface area contributed by atoms with E-state index in [1.807, 2.05) is 13.0 Å². The maximum Gasteiger partial charge on any atom is 0.323 e. The summed E-state index contributed by atoms with van der Waals surface area (Å²) in [6.45, 7) is 2.82. The Kier molecular flexibility index (Phi) is 5.39. The van der Waals surface area contributed by atoms with Gasteiger partial charge in [-0.25, -0.2) is 4.79 Å². The molecule has 1 atom stereocenters. The first kappa shape index (κ1) is 14.3. The molecule has 0 saturated carbocycles. The highest BCUT2D eigenvalue weighted by molar-refractivity contribution is 5.80. The number of carbonyl (C=O) groups is 2. The van der Waals surface area contributed by atoms with Crippen LogP contribution in [-0.2, 0) is 9.53 Å². The van der Waals surface area contributed by atoms with Crippen molar-refractivity contribution in [3.63, 3.8) is 0 Å². The van der Waals surface area contributed by atoms with E-state index >= 15 is 0 Å². The number of nitrogens with zero attached hydrogens (tertiary/aromatic N) is 3. The third-order valence-electron chi connectivity index (χ3n) is 2.57. The molecule has 1 N–H and O–H groups in total. The quantitative estimate of drug-likeness (QED) is 0.770. The molecule has 0 bridgehead atoms. The van der Waals surface area contributed by atoms with E-state index in [1.54, 1.807) is 0 Å². The highest BCUT2D eigenvalue weighted by atomic mass is 16.5. The molecule has 0 aromatic carbocycles. The number of hydrogen-bond donors (Lipinski definition) is 1. The lowest BCUT2D eigenvalue weighted by Crippen LogP contribution is -2.51. The lowest BCUT2D eigenvalue weighted by Gasteiger charge is -2.33. The summed E-state index contributed by atoms with van der Waals surface area (Å²) in [4.78, 5) is 25.6. The van der Waals surface area contributed by atoms with Gasteiger partial charge in [-0.2, -0.15) is 5.26 Å². The van der Waals surface area contributed by atoms with Crippen LogP contribution in [0.15, 0.2) is 0 Å². The van der Waals surface area contributed by atoms with Gasteiger partial charge in [0.1, 0.15) is 6.54 Å². The fourth-order valence-electron chi connectivity index (χ4n) is 1.78. The molecule has 1 unspecified atom stereocenters. The molecule has 0 aromatic heterocycles. The van der Waals surface area contributed by atoms with E-state index in [4.69, 9.17) is 15.1 Å². The van der Waals surface area contributed by atoms with Crippen LogP contribution < -0.4 is 0 Å². The number of amides is 2. The second-order valence-electron chi connectivity index (χ2n) is 4.03. The number of nitriles is 1. The predicted octanol–water partition coefficient (Wildman–Crippen LogP) is 0.127. The van der Waals surface area contributed by atoms with E-state index in [0.29, 0.717) is 26.1 Å². The first-order valence-corrected chi connectivity index (χ1v) is 5.85. The van der Waals surface area contributed by atoms with Crippen LogP contribution in [0.1, 0.15) is 13.3 Å². The normalized spacial score (nSPS) is 19.1. The topological polar surface area (TPSA) is 93.9 Å². The average molecular weight is 255 g/mol. The van der Waals surface area contributed by atoms with Crippen LogP contribution in [0.5, 0.6) is 0 Å². The molecule has 1 aliphatic heterocycles. The maximum absolute atomic E-state index is 12.1. The highest BCUT2D eigenvalue weighted by Crippen LogP contribution is 2.08. The third-order valence-corrected chi connectivity index (χ3v) is 2.57. The molecule has 2 amide bonds. The predicted molar refractivity (Wildman–Crippen MR) is 61.8 cm³/mol. The second kappa shape index (κ2) is 6.81. The van der Waals surface area contributed by atoms with Gasteiger partial charge in [-0.1, -0.05) is 6.92 Å². The third kappa shape index (κ3) is 3.89. The Hall–Kier alpha value is -1.81. The number of rotatable bonds is 4. The van der Waals surface area contributed by atoms with Crippen molar-refractivity contribution in [3.8, 4) is 6.07 Å². The van der Waals surface area contributed by atoms with Crippen LogP contribution in [0.2, 0.25) is 0 Å². The summed E-state index contributed by atoms with van der Waals surface area (Å²) >= 11 is 0. The van der Waals surface area contributed by atoms with E-state index in [-0.39, 0.29) is 19.1 Å². The zero-order valence-electron chi connectivity index (χ0n) is 10.3. The summed E-state index contributed by atoms with van der Waals surface area (Å²) in [6, 6.07) is 1.60. The van der Waals surface area contributed by atoms with Crippen molar-refractivity contribution in [1.82, 2.24) is 9.80 Å². The summed E-state index contributed by atoms with van der Waals surface area (Å²) < 4.78 is 5.14. The van der Waals surface area contributed by atoms with Crippen molar-refractivity contribution in [2.24, 2.45) is 0 Å². The van der Waals surface area contributed by atoms with Crippen LogP contribution in [-0.4, -0.2) is 65.8 Å². The van der Waals surface area contributed by atoms with Crippen LogP contribution in [0, 0.1) is 11.3 Å². The van der Waals surface area contributed by atoms with Gasteiger partial charge in [0.2, 0.25) is 0 Å². The van der Waals surface area contributed by atoms with Gasteiger partial charge >= 0.3 is 12.0 Å². The van der Waals surface area contributed by atoms with Gasteiger partial charge in [0.25, 0.3) is 0 Å². The zero-order valence-corrected chi connectivity index (χ0v) is 10.3. The Balaban J connectivity index is 2.64. The van der Waals surface area contributed by atoms with Gasteiger partial charge in [0.15, 0.2) is 6.10 Å². The Morgan fingerprint density at radius 1 is 1.61 bits per heavy atom. The van der Waals surface area contributed by atoms with E-state index < -0.39 is 12.1 Å². The molecule has 1 rings (SSSR count). The molecule has 0 aliphatic carbocycles. The molecular weight excluding hydrogens is 238 g/mol. The van der Waals surface area contributed by atoms with Gasteiger partial charge in [-0.3, -0.25) is 4.79 Å². The molecular formula is C11H17N3O4. The van der Waals surface area contributed by atoms with Crippen molar-refractivity contribution in [3.05, 3.63) is 0 Å². The van der Waals surface area contributed by atoms with Crippen LogP contribution in [0.25, 0.3) is 0 Å². The Morgan fingerprint density at radius 3 is 2.89 bits per heavy atom. The summed E-state index contributed by atoms with van der Waals surface area (Å²) in [5.41, 5.74) is 0. The highest BCUT2D eigenvalue weighted by Gasteiger charge is 2.28. The fraction of sp³-hybridized carbons (Fsp3) is 0.727. The van der Waals surface area contributed by atoms with Crippen molar-refractivity contribution in [2.75, 3.05) is 32.8 Å².